The molecule has 0 unspecified atom stereocenters. The molecule has 4 nitrogen and oxygen atoms in total. The number of para-hydroxylation sites is 1. The zero-order valence-electron chi connectivity index (χ0n) is 15.6. The van der Waals surface area contributed by atoms with E-state index >= 15 is 0 Å². The molecule has 4 heteroatoms. The van der Waals surface area contributed by atoms with Crippen molar-refractivity contribution in [2.24, 2.45) is 0 Å². The molecular weight excluding hydrogens is 336 g/mol. The van der Waals surface area contributed by atoms with Crippen molar-refractivity contribution in [1.29, 1.82) is 0 Å². The smallest absolute Gasteiger partial charge is 0.254 e. The highest BCUT2D eigenvalue weighted by Gasteiger charge is 2.25. The van der Waals surface area contributed by atoms with Crippen molar-refractivity contribution in [3.8, 4) is 11.3 Å². The van der Waals surface area contributed by atoms with Gasteiger partial charge in [-0.15, -0.1) is 0 Å². The number of nitrogens with zero attached hydrogens (tertiary/aromatic N) is 2. The number of ether oxygens (including phenoxy) is 1. The van der Waals surface area contributed by atoms with Crippen LogP contribution in [0.5, 0.6) is 0 Å². The molecule has 0 radical (unpaired) electrons. The van der Waals surface area contributed by atoms with Gasteiger partial charge in [-0.1, -0.05) is 36.4 Å². The van der Waals surface area contributed by atoms with E-state index in [9.17, 15) is 4.79 Å². The van der Waals surface area contributed by atoms with Crippen LogP contribution in [0, 0.1) is 0 Å². The molecule has 1 aromatic heterocycles. The minimum atomic E-state index is 0.0899. The van der Waals surface area contributed by atoms with Crippen LogP contribution in [-0.2, 0) is 4.74 Å². The third kappa shape index (κ3) is 3.71. The van der Waals surface area contributed by atoms with Gasteiger partial charge in [-0.3, -0.25) is 4.79 Å². The number of hydrogen-bond acceptors (Lipinski definition) is 3. The minimum Gasteiger partial charge on any atom is -0.381 e. The molecule has 3 aromatic rings. The first kappa shape index (κ1) is 17.7. The predicted molar refractivity (Wildman–Crippen MR) is 108 cm³/mol. The van der Waals surface area contributed by atoms with Gasteiger partial charge < -0.3 is 9.64 Å². The van der Waals surface area contributed by atoms with E-state index in [4.69, 9.17) is 9.72 Å². The molecule has 138 valence electrons. The van der Waals surface area contributed by atoms with E-state index in [0.717, 1.165) is 53.8 Å². The van der Waals surface area contributed by atoms with Gasteiger partial charge in [0.15, 0.2) is 0 Å². The lowest BCUT2D eigenvalue weighted by Crippen LogP contribution is -2.43. The van der Waals surface area contributed by atoms with Crippen LogP contribution in [0.3, 0.4) is 0 Å². The fraction of sp³-hybridized carbons (Fsp3) is 0.304. The molecule has 0 N–H and O–H groups in total. The fourth-order valence-corrected chi connectivity index (χ4v) is 3.77. The largest absolute Gasteiger partial charge is 0.381 e. The predicted octanol–water partition coefficient (Wildman–Crippen LogP) is 4.54. The van der Waals surface area contributed by atoms with Gasteiger partial charge in [0, 0.05) is 42.3 Å². The fourth-order valence-electron chi connectivity index (χ4n) is 3.77. The zero-order valence-corrected chi connectivity index (χ0v) is 15.6. The van der Waals surface area contributed by atoms with E-state index in [-0.39, 0.29) is 11.9 Å². The molecular formula is C23H24N2O2. The molecule has 1 aliphatic heterocycles. The van der Waals surface area contributed by atoms with E-state index in [1.807, 2.05) is 60.4 Å². The third-order valence-electron chi connectivity index (χ3n) is 5.24. The lowest BCUT2D eigenvalue weighted by Gasteiger charge is -2.33. The standard InChI is InChI=1S/C23H24N2O2/c1-2-25(20-12-14-27-15-13-20)23(26)19-8-5-7-18(16-19)22-11-10-17-6-3-4-9-21(17)24-22/h3-11,16,20H,2,12-15H2,1H3. The zero-order chi connectivity index (χ0) is 18.6. The lowest BCUT2D eigenvalue weighted by molar-refractivity contribution is 0.0305. The van der Waals surface area contributed by atoms with Gasteiger partial charge in [0.25, 0.3) is 5.91 Å². The number of aromatic nitrogens is 1. The van der Waals surface area contributed by atoms with Gasteiger partial charge in [0.1, 0.15) is 0 Å². The molecule has 0 spiro atoms. The summed E-state index contributed by atoms with van der Waals surface area (Å²) < 4.78 is 5.45. The first-order valence-corrected chi connectivity index (χ1v) is 9.61. The van der Waals surface area contributed by atoms with Crippen LogP contribution in [0.15, 0.2) is 60.7 Å². The highest BCUT2D eigenvalue weighted by atomic mass is 16.5. The second kappa shape index (κ2) is 7.89. The summed E-state index contributed by atoms with van der Waals surface area (Å²) in [6.07, 6.45) is 1.82. The Morgan fingerprint density at radius 3 is 2.70 bits per heavy atom. The summed E-state index contributed by atoms with van der Waals surface area (Å²) in [5, 5.41) is 1.12. The summed E-state index contributed by atoms with van der Waals surface area (Å²) in [7, 11) is 0. The summed E-state index contributed by atoms with van der Waals surface area (Å²) in [6.45, 7) is 4.22. The average Bonchev–Trinajstić information content (AvgIpc) is 2.75. The second-order valence-corrected chi connectivity index (χ2v) is 6.90. The Morgan fingerprint density at radius 2 is 1.89 bits per heavy atom. The van der Waals surface area contributed by atoms with Crippen molar-refractivity contribution in [3.63, 3.8) is 0 Å². The van der Waals surface area contributed by atoms with E-state index in [1.165, 1.54) is 0 Å². The van der Waals surface area contributed by atoms with E-state index in [0.29, 0.717) is 6.54 Å². The normalized spacial score (nSPS) is 15.0. The van der Waals surface area contributed by atoms with Gasteiger partial charge in [-0.05, 0) is 44.0 Å². The number of rotatable bonds is 4. The van der Waals surface area contributed by atoms with Crippen LogP contribution < -0.4 is 0 Å². The molecule has 1 amide bonds. The van der Waals surface area contributed by atoms with Gasteiger partial charge in [0.05, 0.1) is 11.2 Å². The van der Waals surface area contributed by atoms with Crippen LogP contribution in [0.1, 0.15) is 30.1 Å². The number of carbonyl (C=O) groups excluding carboxylic acids is 1. The highest BCUT2D eigenvalue weighted by molar-refractivity contribution is 5.95. The topological polar surface area (TPSA) is 42.4 Å². The Kier molecular flexibility index (Phi) is 5.16. The first-order chi connectivity index (χ1) is 13.3. The second-order valence-electron chi connectivity index (χ2n) is 6.90. The van der Waals surface area contributed by atoms with Crippen molar-refractivity contribution in [2.75, 3.05) is 19.8 Å². The summed E-state index contributed by atoms with van der Waals surface area (Å²) in [4.78, 5) is 19.9. The van der Waals surface area contributed by atoms with Gasteiger partial charge in [0.2, 0.25) is 0 Å². The maximum Gasteiger partial charge on any atom is 0.254 e. The number of benzene rings is 2. The molecule has 0 aliphatic carbocycles. The van der Waals surface area contributed by atoms with Crippen molar-refractivity contribution in [1.82, 2.24) is 9.88 Å². The van der Waals surface area contributed by atoms with E-state index in [1.54, 1.807) is 0 Å². The molecule has 1 fully saturated rings. The summed E-state index contributed by atoms with van der Waals surface area (Å²) in [6, 6.07) is 20.2. The molecule has 0 atom stereocenters. The Labute approximate surface area is 159 Å². The minimum absolute atomic E-state index is 0.0899. The van der Waals surface area contributed by atoms with Crippen LogP contribution in [0.25, 0.3) is 22.2 Å². The third-order valence-corrected chi connectivity index (χ3v) is 5.24. The first-order valence-electron chi connectivity index (χ1n) is 9.61. The average molecular weight is 360 g/mol. The van der Waals surface area contributed by atoms with Crippen molar-refractivity contribution < 1.29 is 9.53 Å². The number of fused-ring (bicyclic) bond motifs is 1. The lowest BCUT2D eigenvalue weighted by atomic mass is 10.0. The Bertz CT molecular complexity index is 948. The Morgan fingerprint density at radius 1 is 1.07 bits per heavy atom. The molecule has 0 saturated carbocycles. The van der Waals surface area contributed by atoms with Crippen LogP contribution in [-0.4, -0.2) is 41.6 Å². The molecule has 2 heterocycles. The SMILES string of the molecule is CCN(C(=O)c1cccc(-c2ccc3ccccc3n2)c1)C1CCOCC1. The number of carbonyl (C=O) groups is 1. The van der Waals surface area contributed by atoms with E-state index < -0.39 is 0 Å². The van der Waals surface area contributed by atoms with Crippen molar-refractivity contribution in [3.05, 3.63) is 66.2 Å². The molecule has 27 heavy (non-hydrogen) atoms. The van der Waals surface area contributed by atoms with Gasteiger partial charge in [-0.2, -0.15) is 0 Å². The number of hydrogen-bond donors (Lipinski definition) is 0. The summed E-state index contributed by atoms with van der Waals surface area (Å²) in [5.74, 6) is 0.0899. The van der Waals surface area contributed by atoms with Crippen LogP contribution in [0.4, 0.5) is 0 Å². The summed E-state index contributed by atoms with van der Waals surface area (Å²) >= 11 is 0. The Balaban J connectivity index is 1.63. The molecule has 1 aliphatic rings. The molecule has 0 bridgehead atoms. The molecule has 1 saturated heterocycles. The molecule has 4 rings (SSSR count). The maximum atomic E-state index is 13.1. The van der Waals surface area contributed by atoms with Crippen molar-refractivity contribution >= 4 is 16.8 Å². The maximum absolute atomic E-state index is 13.1. The van der Waals surface area contributed by atoms with Gasteiger partial charge in [-0.25, -0.2) is 4.98 Å². The highest BCUT2D eigenvalue weighted by Crippen LogP contribution is 2.24. The monoisotopic (exact) mass is 360 g/mol. The van der Waals surface area contributed by atoms with Gasteiger partial charge >= 0.3 is 0 Å². The molecule has 2 aromatic carbocycles. The van der Waals surface area contributed by atoms with Crippen molar-refractivity contribution in [2.45, 2.75) is 25.8 Å². The number of amides is 1. The summed E-state index contributed by atoms with van der Waals surface area (Å²) in [5.41, 5.74) is 3.53. The Hall–Kier alpha value is -2.72. The van der Waals surface area contributed by atoms with Crippen LogP contribution in [0.2, 0.25) is 0 Å². The van der Waals surface area contributed by atoms with Crippen LogP contribution >= 0.6 is 0 Å². The van der Waals surface area contributed by atoms with E-state index in [2.05, 4.69) is 12.1 Å². The quantitative estimate of drug-likeness (QED) is 0.686. The number of pyridine rings is 1.